The van der Waals surface area contributed by atoms with Crippen molar-refractivity contribution in [3.63, 3.8) is 0 Å². The minimum Gasteiger partial charge on any atom is -0.324 e. The second kappa shape index (κ2) is 5.71. The highest BCUT2D eigenvalue weighted by atomic mass is 35.5. The van der Waals surface area contributed by atoms with Crippen molar-refractivity contribution in [1.82, 2.24) is 9.78 Å². The highest BCUT2D eigenvalue weighted by Gasteiger charge is 2.16. The fourth-order valence-electron chi connectivity index (χ4n) is 2.02. The molecule has 0 aliphatic carbocycles. The number of hydrogen-bond acceptors (Lipinski definition) is 2. The molecule has 0 spiro atoms. The molecule has 2 aromatic rings. The normalized spacial score (nSPS) is 12.7. The van der Waals surface area contributed by atoms with Crippen LogP contribution in [0.15, 0.2) is 18.2 Å². The van der Waals surface area contributed by atoms with Gasteiger partial charge in [0.15, 0.2) is 0 Å². The van der Waals surface area contributed by atoms with Gasteiger partial charge >= 0.3 is 0 Å². The van der Waals surface area contributed by atoms with Crippen molar-refractivity contribution in [3.05, 3.63) is 50.2 Å². The monoisotopic (exact) mass is 317 g/mol. The van der Waals surface area contributed by atoms with Gasteiger partial charge in [-0.15, -0.1) is 0 Å². The lowest BCUT2D eigenvalue weighted by atomic mass is 10.0. The Labute approximate surface area is 127 Å². The van der Waals surface area contributed by atoms with E-state index in [1.807, 2.05) is 26.1 Å². The van der Waals surface area contributed by atoms with Crippen molar-refractivity contribution in [2.45, 2.75) is 19.4 Å². The summed E-state index contributed by atoms with van der Waals surface area (Å²) < 4.78 is 1.75. The summed E-state index contributed by atoms with van der Waals surface area (Å²) in [5.74, 6) is 0. The molecular weight excluding hydrogens is 305 g/mol. The molecule has 1 aromatic heterocycles. The second-order valence-corrected chi connectivity index (χ2v) is 5.73. The number of benzene rings is 1. The minimum absolute atomic E-state index is 0.233. The first-order valence-corrected chi connectivity index (χ1v) is 6.91. The van der Waals surface area contributed by atoms with Gasteiger partial charge in [-0.2, -0.15) is 5.10 Å². The molecule has 0 saturated heterocycles. The van der Waals surface area contributed by atoms with Crippen LogP contribution in [0.2, 0.25) is 15.1 Å². The summed E-state index contributed by atoms with van der Waals surface area (Å²) >= 11 is 18.2. The van der Waals surface area contributed by atoms with Gasteiger partial charge in [0, 0.05) is 29.6 Å². The number of aromatic nitrogens is 2. The molecule has 1 atom stereocenters. The molecule has 0 fully saturated rings. The maximum atomic E-state index is 6.22. The quantitative estimate of drug-likeness (QED) is 0.932. The van der Waals surface area contributed by atoms with Crippen LogP contribution in [-0.4, -0.2) is 9.78 Å². The lowest BCUT2D eigenvalue weighted by Crippen LogP contribution is -2.15. The Balaban J connectivity index is 2.27. The summed E-state index contributed by atoms with van der Waals surface area (Å²) in [4.78, 5) is 0. The summed E-state index contributed by atoms with van der Waals surface area (Å²) in [7, 11) is 1.85. The van der Waals surface area contributed by atoms with Gasteiger partial charge in [0.25, 0.3) is 0 Å². The number of hydrogen-bond donors (Lipinski definition) is 1. The largest absolute Gasteiger partial charge is 0.324 e. The Kier molecular flexibility index (Phi) is 4.41. The van der Waals surface area contributed by atoms with Gasteiger partial charge in [-0.1, -0.05) is 34.8 Å². The van der Waals surface area contributed by atoms with E-state index in [4.69, 9.17) is 40.5 Å². The van der Waals surface area contributed by atoms with E-state index in [2.05, 4.69) is 5.10 Å². The molecule has 2 rings (SSSR count). The van der Waals surface area contributed by atoms with Gasteiger partial charge in [-0.3, -0.25) is 4.68 Å². The van der Waals surface area contributed by atoms with Crippen molar-refractivity contribution >= 4 is 34.8 Å². The first-order valence-electron chi connectivity index (χ1n) is 5.78. The topological polar surface area (TPSA) is 43.8 Å². The third kappa shape index (κ3) is 3.23. The molecule has 1 unspecified atom stereocenters. The van der Waals surface area contributed by atoms with Crippen molar-refractivity contribution in [2.24, 2.45) is 12.8 Å². The van der Waals surface area contributed by atoms with Crippen LogP contribution in [0.3, 0.4) is 0 Å². The number of nitrogens with two attached hydrogens (primary N) is 1. The van der Waals surface area contributed by atoms with Crippen LogP contribution < -0.4 is 5.73 Å². The lowest BCUT2D eigenvalue weighted by molar-refractivity contribution is 0.640. The first kappa shape index (κ1) is 14.7. The molecule has 0 radical (unpaired) electrons. The second-order valence-electron chi connectivity index (χ2n) is 4.48. The molecule has 0 aliphatic rings. The predicted molar refractivity (Wildman–Crippen MR) is 80.0 cm³/mol. The Morgan fingerprint density at radius 1 is 1.21 bits per heavy atom. The standard InChI is InChI=1S/C13H14Cl3N3/c1-7-13(16)12(19(2)18-7)6-11(17)8-3-9(14)5-10(15)4-8/h3-5,11H,6,17H2,1-2H3. The van der Waals surface area contributed by atoms with E-state index in [1.54, 1.807) is 10.7 Å². The molecule has 0 bridgehead atoms. The fourth-order valence-corrected chi connectivity index (χ4v) is 2.80. The molecule has 6 heteroatoms. The van der Waals surface area contributed by atoms with Crippen LogP contribution >= 0.6 is 34.8 Å². The van der Waals surface area contributed by atoms with Gasteiger partial charge in [0.05, 0.1) is 16.4 Å². The molecule has 0 aliphatic heterocycles. The zero-order valence-corrected chi connectivity index (χ0v) is 12.9. The summed E-state index contributed by atoms with van der Waals surface area (Å²) in [5.41, 5.74) is 8.78. The Morgan fingerprint density at radius 3 is 2.26 bits per heavy atom. The number of halogens is 3. The summed E-state index contributed by atoms with van der Waals surface area (Å²) in [5, 5.41) is 6.08. The fraction of sp³-hybridized carbons (Fsp3) is 0.308. The van der Waals surface area contributed by atoms with Gasteiger partial charge in [-0.05, 0) is 30.7 Å². The predicted octanol–water partition coefficient (Wildman–Crippen LogP) is 3.93. The van der Waals surface area contributed by atoms with Crippen LogP contribution in [0.25, 0.3) is 0 Å². The molecule has 1 heterocycles. The van der Waals surface area contributed by atoms with E-state index in [-0.39, 0.29) is 6.04 Å². The third-order valence-corrected chi connectivity index (χ3v) is 3.92. The molecule has 1 aromatic carbocycles. The third-order valence-electron chi connectivity index (χ3n) is 2.99. The van der Waals surface area contributed by atoms with E-state index in [1.165, 1.54) is 0 Å². The van der Waals surface area contributed by atoms with Crippen molar-refractivity contribution in [1.29, 1.82) is 0 Å². The van der Waals surface area contributed by atoms with E-state index in [0.29, 0.717) is 21.5 Å². The molecule has 19 heavy (non-hydrogen) atoms. The van der Waals surface area contributed by atoms with Crippen molar-refractivity contribution in [3.8, 4) is 0 Å². The zero-order valence-electron chi connectivity index (χ0n) is 10.6. The highest BCUT2D eigenvalue weighted by molar-refractivity contribution is 6.34. The summed E-state index contributed by atoms with van der Waals surface area (Å²) in [6.45, 7) is 1.87. The molecule has 0 saturated carbocycles. The van der Waals surface area contributed by atoms with Gasteiger partial charge in [0.1, 0.15) is 0 Å². The van der Waals surface area contributed by atoms with E-state index in [0.717, 1.165) is 17.0 Å². The average molecular weight is 319 g/mol. The number of rotatable bonds is 3. The highest BCUT2D eigenvalue weighted by Crippen LogP contribution is 2.27. The smallest absolute Gasteiger partial charge is 0.0847 e. The molecule has 2 N–H and O–H groups in total. The maximum absolute atomic E-state index is 6.22. The maximum Gasteiger partial charge on any atom is 0.0847 e. The summed E-state index contributed by atoms with van der Waals surface area (Å²) in [6.07, 6.45) is 0.576. The Morgan fingerprint density at radius 2 is 1.79 bits per heavy atom. The molecule has 3 nitrogen and oxygen atoms in total. The van der Waals surface area contributed by atoms with Crippen LogP contribution in [-0.2, 0) is 13.5 Å². The minimum atomic E-state index is -0.233. The van der Waals surface area contributed by atoms with E-state index in [9.17, 15) is 0 Å². The van der Waals surface area contributed by atoms with Gasteiger partial charge in [-0.25, -0.2) is 0 Å². The Bertz CT molecular complexity index is 587. The van der Waals surface area contributed by atoms with E-state index >= 15 is 0 Å². The van der Waals surface area contributed by atoms with E-state index < -0.39 is 0 Å². The zero-order chi connectivity index (χ0) is 14.2. The van der Waals surface area contributed by atoms with Gasteiger partial charge < -0.3 is 5.73 Å². The summed E-state index contributed by atoms with van der Waals surface area (Å²) in [6, 6.07) is 5.08. The van der Waals surface area contributed by atoms with Gasteiger partial charge in [0.2, 0.25) is 0 Å². The SMILES string of the molecule is Cc1nn(C)c(CC(N)c2cc(Cl)cc(Cl)c2)c1Cl. The number of nitrogens with zero attached hydrogens (tertiary/aromatic N) is 2. The first-order chi connectivity index (χ1) is 8.88. The van der Waals surface area contributed by atoms with Crippen LogP contribution in [0.1, 0.15) is 23.0 Å². The van der Waals surface area contributed by atoms with Crippen LogP contribution in [0.5, 0.6) is 0 Å². The number of aryl methyl sites for hydroxylation is 2. The lowest BCUT2D eigenvalue weighted by Gasteiger charge is -2.13. The van der Waals surface area contributed by atoms with Crippen LogP contribution in [0, 0.1) is 6.92 Å². The Hall–Kier alpha value is -0.740. The molecule has 102 valence electrons. The van der Waals surface area contributed by atoms with Crippen molar-refractivity contribution < 1.29 is 0 Å². The van der Waals surface area contributed by atoms with Crippen molar-refractivity contribution in [2.75, 3.05) is 0 Å². The average Bonchev–Trinajstić information content (AvgIpc) is 2.54. The molecular formula is C13H14Cl3N3. The molecule has 0 amide bonds. The van der Waals surface area contributed by atoms with Crippen LogP contribution in [0.4, 0.5) is 0 Å².